The second-order valence-corrected chi connectivity index (χ2v) is 37.4. The van der Waals surface area contributed by atoms with Crippen LogP contribution in [0.5, 0.6) is 28.7 Å². The van der Waals surface area contributed by atoms with Crippen LogP contribution in [0.15, 0.2) is 147 Å². The molecule has 0 radical (unpaired) electrons. The molecule has 3 heterocycles. The maximum Gasteiger partial charge on any atom is 0.453 e. The first kappa shape index (κ1) is 79.2. The fourth-order valence-corrected chi connectivity index (χ4v) is 18.4. The molecule has 0 aliphatic carbocycles. The molecular formula is C92H106ClO11P3. The zero-order chi connectivity index (χ0) is 78.3. The number of phenols is 2. The van der Waals surface area contributed by atoms with E-state index in [2.05, 4.69) is 242 Å². The van der Waals surface area contributed by atoms with Crippen molar-refractivity contribution in [2.75, 3.05) is 7.11 Å². The minimum Gasteiger partial charge on any atom is -0.507 e. The third kappa shape index (κ3) is 16.8. The molecule has 562 valence electrons. The highest BCUT2D eigenvalue weighted by atomic mass is 35.7. The Kier molecular flexibility index (Phi) is 22.2. The smallest absolute Gasteiger partial charge is 0.453 e. The van der Waals surface area contributed by atoms with E-state index in [1.54, 1.807) is 13.2 Å². The van der Waals surface area contributed by atoms with E-state index in [4.69, 9.17) is 50.2 Å². The SMILES string of the molecule is COc1cc(-c2cc(C)cc(C(C)(C)C)c2O)c(O)c(C(C)(C)C)c1.Cc1cc(C)c(Op2oc3c(C)cc(C)cc3c3cc(C)cc(C)c3o2)c(-c2cc(C)cc(C)c2Op2oc3c(C(C)(C)C)cc(C)cc3c3cc(C)cc(C(C)(C)C)c3o2)c1.Cc1cc(C)c2op(Cl)oc3c(C)cc(C)cc3c2c1. The predicted octanol–water partition coefficient (Wildman–Crippen LogP) is 30.1. The number of hydrogen-bond acceptors (Lipinski definition) is 11. The number of rotatable bonds is 7. The predicted molar refractivity (Wildman–Crippen MR) is 452 cm³/mol. The minimum atomic E-state index is -2.03. The Morgan fingerprint density at radius 3 is 0.850 bits per heavy atom. The van der Waals surface area contributed by atoms with Crippen LogP contribution in [0, 0.1) is 104 Å². The molecule has 10 aromatic carbocycles. The fourth-order valence-electron chi connectivity index (χ4n) is 14.7. The summed E-state index contributed by atoms with van der Waals surface area (Å²) in [6.07, 6.45) is 0. The zero-order valence-electron chi connectivity index (χ0n) is 67.8. The summed E-state index contributed by atoms with van der Waals surface area (Å²) in [7, 11) is -3.85. The Morgan fingerprint density at radius 1 is 0.280 bits per heavy atom. The van der Waals surface area contributed by atoms with Gasteiger partial charge in [0.15, 0.2) is 0 Å². The Labute approximate surface area is 639 Å². The van der Waals surface area contributed by atoms with Gasteiger partial charge in [-0.1, -0.05) is 138 Å². The van der Waals surface area contributed by atoms with Gasteiger partial charge in [-0.2, -0.15) is 0 Å². The normalized spacial score (nSPS) is 12.0. The molecule has 107 heavy (non-hydrogen) atoms. The summed E-state index contributed by atoms with van der Waals surface area (Å²) in [5.74, 6) is 2.39. The lowest BCUT2D eigenvalue weighted by Crippen LogP contribution is -2.13. The number of methoxy groups -OCH3 is 1. The highest BCUT2D eigenvalue weighted by Crippen LogP contribution is 2.53. The third-order valence-electron chi connectivity index (χ3n) is 19.6. The largest absolute Gasteiger partial charge is 0.507 e. The van der Waals surface area contributed by atoms with Crippen molar-refractivity contribution in [3.63, 3.8) is 0 Å². The molecule has 2 N–H and O–H groups in total. The van der Waals surface area contributed by atoms with Crippen molar-refractivity contribution in [3.05, 3.63) is 227 Å². The molecule has 0 amide bonds. The molecule has 0 aliphatic heterocycles. The molecule has 0 bridgehead atoms. The van der Waals surface area contributed by atoms with E-state index in [0.29, 0.717) is 28.4 Å². The van der Waals surface area contributed by atoms with Gasteiger partial charge in [0.05, 0.1) is 7.11 Å². The monoisotopic (exact) mass is 1510 g/mol. The van der Waals surface area contributed by atoms with Crippen LogP contribution < -0.4 is 13.8 Å². The number of aromatic hydroxyl groups is 2. The quantitative estimate of drug-likeness (QED) is 0.157. The van der Waals surface area contributed by atoms with Gasteiger partial charge in [0.25, 0.3) is 0 Å². The fraction of sp³-hybridized carbons (Fsp3) is 0.348. The molecule has 13 rings (SSSR count). The van der Waals surface area contributed by atoms with Crippen LogP contribution in [0.4, 0.5) is 0 Å². The van der Waals surface area contributed by atoms with Crippen LogP contribution in [-0.4, -0.2) is 17.3 Å². The summed E-state index contributed by atoms with van der Waals surface area (Å²) in [6.45, 7) is 57.1. The minimum absolute atomic E-state index is 0.189. The van der Waals surface area contributed by atoms with Crippen molar-refractivity contribution in [2.45, 2.75) is 209 Å². The Hall–Kier alpha value is -8.81. The van der Waals surface area contributed by atoms with E-state index < -0.39 is 23.8 Å². The second kappa shape index (κ2) is 30.0. The number of fused-ring (bicyclic) bond motifs is 9. The van der Waals surface area contributed by atoms with Gasteiger partial charge >= 0.3 is 23.8 Å². The average Bonchev–Trinajstić information content (AvgIpc) is 1.71. The number of hydrogen-bond donors (Lipinski definition) is 2. The first-order chi connectivity index (χ1) is 49.9. The van der Waals surface area contributed by atoms with Gasteiger partial charge in [0.2, 0.25) is 0 Å². The van der Waals surface area contributed by atoms with Crippen molar-refractivity contribution >= 4 is 101 Å². The van der Waals surface area contributed by atoms with Gasteiger partial charge in [-0.25, -0.2) is 0 Å². The number of ether oxygens (including phenoxy) is 1. The number of benzene rings is 10. The molecule has 3 aromatic heterocycles. The lowest BCUT2D eigenvalue weighted by Gasteiger charge is -2.26. The second-order valence-electron chi connectivity index (χ2n) is 33.8. The molecule has 0 spiro atoms. The standard InChI is InChI=1S/C54H60O6P2.C22H30O3.C16H16ClO2P/c1-29-17-35(7)47-39(21-29)40-22-30(2)18-36(8)48(40)56-61(55-47)57-49-37(9)19-31(3)23-41(49)42-24-32(4)20-38(10)50(42)58-62-59-51-43(25-33(5)27-45(51)53(11,12)13)44-26-34(6)28-46(52(44)60-62)54(14,15)16;1-13-9-15(19(23)17(10-13)21(2,3)4)16-11-14(25-8)12-18(20(16)24)22(5,6)7;1-9-5-11(3)15-13(7-9)14-8-10(2)6-12(4)16(14)19-20(17)18-15/h17-28H,1-16H3;9-12,23-24H,1-8H3;5-8H,1-4H3. The Balaban J connectivity index is 0.000000205. The molecule has 0 unspecified atom stereocenters. The van der Waals surface area contributed by atoms with E-state index in [1.165, 1.54) is 22.3 Å². The molecule has 11 nitrogen and oxygen atoms in total. The Bertz CT molecular complexity index is 5620. The van der Waals surface area contributed by atoms with E-state index in [0.717, 1.165) is 160 Å². The Morgan fingerprint density at radius 2 is 0.523 bits per heavy atom. The van der Waals surface area contributed by atoms with Crippen LogP contribution in [0.1, 0.15) is 189 Å². The molecule has 0 atom stereocenters. The molecule has 0 saturated heterocycles. The molecule has 0 fully saturated rings. The van der Waals surface area contributed by atoms with Crippen LogP contribution >= 0.6 is 35.1 Å². The van der Waals surface area contributed by atoms with Crippen LogP contribution in [0.25, 0.3) is 88.1 Å². The highest BCUT2D eigenvalue weighted by molar-refractivity contribution is 7.68. The van der Waals surface area contributed by atoms with E-state index in [9.17, 15) is 10.2 Å². The molecular weight excluding hydrogens is 1410 g/mol. The zero-order valence-corrected chi connectivity index (χ0v) is 71.3. The van der Waals surface area contributed by atoms with Crippen molar-refractivity contribution in [1.82, 2.24) is 0 Å². The van der Waals surface area contributed by atoms with E-state index >= 15 is 0 Å². The summed E-state index contributed by atoms with van der Waals surface area (Å²) in [5, 5.41) is 28.0. The van der Waals surface area contributed by atoms with Gasteiger partial charge in [0, 0.05) is 88.1 Å². The van der Waals surface area contributed by atoms with E-state index in [-0.39, 0.29) is 33.2 Å². The average molecular weight is 1520 g/mol. The number of phenolic OH excluding ortho intramolecular Hbond substituents is 2. The summed E-state index contributed by atoms with van der Waals surface area (Å²) < 4.78 is 59.3. The summed E-state index contributed by atoms with van der Waals surface area (Å²) in [5.41, 5.74) is 27.2. The van der Waals surface area contributed by atoms with Gasteiger partial charge in [-0.3, -0.25) is 0 Å². The third-order valence-corrected chi connectivity index (χ3v) is 22.6. The maximum absolute atomic E-state index is 10.9. The van der Waals surface area contributed by atoms with Gasteiger partial charge in [-0.05, 0) is 276 Å². The van der Waals surface area contributed by atoms with Crippen LogP contribution in [-0.2, 0) is 21.7 Å². The van der Waals surface area contributed by atoms with E-state index in [1.807, 2.05) is 59.7 Å². The lowest BCUT2D eigenvalue weighted by atomic mass is 9.81. The molecule has 15 heteroatoms. The summed E-state index contributed by atoms with van der Waals surface area (Å²) in [4.78, 5) is 0. The van der Waals surface area contributed by atoms with Crippen molar-refractivity contribution in [1.29, 1.82) is 0 Å². The van der Waals surface area contributed by atoms with Crippen LogP contribution in [0.3, 0.4) is 0 Å². The first-order valence-corrected chi connectivity index (χ1v) is 40.9. The first-order valence-electron chi connectivity index (χ1n) is 36.6. The van der Waals surface area contributed by atoms with Gasteiger partial charge < -0.3 is 49.2 Å². The highest BCUT2D eigenvalue weighted by Gasteiger charge is 2.30. The van der Waals surface area contributed by atoms with Crippen LogP contribution in [0.2, 0.25) is 0 Å². The summed E-state index contributed by atoms with van der Waals surface area (Å²) in [6, 6.07) is 42.2. The molecule has 0 saturated carbocycles. The number of halogens is 1. The maximum atomic E-state index is 10.9. The lowest BCUT2D eigenvalue weighted by molar-refractivity contribution is 0.406. The van der Waals surface area contributed by atoms with Crippen molar-refractivity contribution in [3.8, 4) is 51.0 Å². The van der Waals surface area contributed by atoms with Gasteiger partial charge in [-0.15, -0.1) is 0 Å². The van der Waals surface area contributed by atoms with Gasteiger partial charge in [0.1, 0.15) is 62.2 Å². The van der Waals surface area contributed by atoms with Crippen molar-refractivity contribution in [2.24, 2.45) is 0 Å². The molecule has 0 aliphatic rings. The number of aryl methyl sites for hydroxylation is 15. The topological polar surface area (TPSA) is 147 Å². The summed E-state index contributed by atoms with van der Waals surface area (Å²) >= 11 is 6.22. The van der Waals surface area contributed by atoms with Crippen molar-refractivity contribution < 1.29 is 49.2 Å². The molecule has 13 aromatic rings.